The predicted octanol–water partition coefficient (Wildman–Crippen LogP) is 3.43. The Balaban J connectivity index is 2.27. The Morgan fingerprint density at radius 3 is 2.89 bits per heavy atom. The molecule has 0 amide bonds. The first-order valence-electron chi connectivity index (χ1n) is 7.21. The number of nitrogens with one attached hydrogen (secondary N) is 1. The molecule has 0 fully saturated rings. The molecule has 1 unspecified atom stereocenters. The van der Waals surface area contributed by atoms with Crippen molar-refractivity contribution in [1.82, 2.24) is 10.3 Å². The molecule has 1 atom stereocenters. The number of rotatable bonds is 5. The Kier molecular flexibility index (Phi) is 4.97. The molecule has 1 aliphatic rings. The SMILES string of the molecule is CCCNC(C1=CCCCO1)c1ncc(C)cc1C. The molecule has 1 N–H and O–H groups in total. The summed E-state index contributed by atoms with van der Waals surface area (Å²) in [5, 5.41) is 3.56. The van der Waals surface area contributed by atoms with Crippen LogP contribution in [0.3, 0.4) is 0 Å². The van der Waals surface area contributed by atoms with E-state index in [1.807, 2.05) is 6.20 Å². The van der Waals surface area contributed by atoms with E-state index in [0.717, 1.165) is 43.9 Å². The van der Waals surface area contributed by atoms with Crippen LogP contribution in [0.2, 0.25) is 0 Å². The number of ether oxygens (including phenoxy) is 1. The van der Waals surface area contributed by atoms with Crippen molar-refractivity contribution in [2.45, 2.75) is 46.1 Å². The zero-order valence-electron chi connectivity index (χ0n) is 12.2. The van der Waals surface area contributed by atoms with Crippen LogP contribution in [0.25, 0.3) is 0 Å². The summed E-state index contributed by atoms with van der Waals surface area (Å²) in [4.78, 5) is 4.62. The van der Waals surface area contributed by atoms with Crippen molar-refractivity contribution in [3.05, 3.63) is 40.9 Å². The minimum Gasteiger partial charge on any atom is -0.496 e. The lowest BCUT2D eigenvalue weighted by molar-refractivity contribution is 0.166. The van der Waals surface area contributed by atoms with Crippen LogP contribution in [-0.2, 0) is 4.74 Å². The molecular formula is C16H24N2O. The average Bonchev–Trinajstić information content (AvgIpc) is 2.42. The molecule has 3 nitrogen and oxygen atoms in total. The summed E-state index contributed by atoms with van der Waals surface area (Å²) in [5.41, 5.74) is 3.52. The van der Waals surface area contributed by atoms with Crippen LogP contribution in [0.15, 0.2) is 24.1 Å². The van der Waals surface area contributed by atoms with Crippen molar-refractivity contribution < 1.29 is 4.74 Å². The Labute approximate surface area is 116 Å². The second-order valence-electron chi connectivity index (χ2n) is 5.20. The second kappa shape index (κ2) is 6.71. The van der Waals surface area contributed by atoms with E-state index in [2.05, 4.69) is 43.2 Å². The summed E-state index contributed by atoms with van der Waals surface area (Å²) < 4.78 is 5.84. The van der Waals surface area contributed by atoms with Gasteiger partial charge >= 0.3 is 0 Å². The molecule has 2 rings (SSSR count). The molecule has 0 spiro atoms. The van der Waals surface area contributed by atoms with Crippen molar-refractivity contribution >= 4 is 0 Å². The fraction of sp³-hybridized carbons (Fsp3) is 0.562. The van der Waals surface area contributed by atoms with Crippen molar-refractivity contribution in [3.8, 4) is 0 Å². The van der Waals surface area contributed by atoms with Crippen LogP contribution in [0.5, 0.6) is 0 Å². The quantitative estimate of drug-likeness (QED) is 0.880. The van der Waals surface area contributed by atoms with Crippen molar-refractivity contribution in [1.29, 1.82) is 0 Å². The van der Waals surface area contributed by atoms with Crippen LogP contribution in [-0.4, -0.2) is 18.1 Å². The molecule has 2 heterocycles. The standard InChI is InChI=1S/C16H24N2O/c1-4-8-17-16(14-7-5-6-9-19-14)15-13(3)10-12(2)11-18-15/h7,10-11,16-17H,4-6,8-9H2,1-3H3. The molecule has 19 heavy (non-hydrogen) atoms. The van der Waals surface area contributed by atoms with Gasteiger partial charge in [-0.05, 0) is 56.9 Å². The lowest BCUT2D eigenvalue weighted by Gasteiger charge is -2.25. The Hall–Kier alpha value is -1.35. The normalized spacial score (nSPS) is 16.7. The maximum absolute atomic E-state index is 5.84. The number of aromatic nitrogens is 1. The van der Waals surface area contributed by atoms with Crippen molar-refractivity contribution in [2.24, 2.45) is 0 Å². The van der Waals surface area contributed by atoms with E-state index in [0.29, 0.717) is 0 Å². The van der Waals surface area contributed by atoms with E-state index < -0.39 is 0 Å². The van der Waals surface area contributed by atoms with Gasteiger partial charge in [-0.3, -0.25) is 4.98 Å². The van der Waals surface area contributed by atoms with Gasteiger partial charge in [0.25, 0.3) is 0 Å². The number of pyridine rings is 1. The fourth-order valence-corrected chi connectivity index (χ4v) is 2.43. The number of nitrogens with zero attached hydrogens (tertiary/aromatic N) is 1. The molecule has 1 aromatic heterocycles. The molecule has 104 valence electrons. The fourth-order valence-electron chi connectivity index (χ4n) is 2.43. The first-order valence-corrected chi connectivity index (χ1v) is 7.21. The van der Waals surface area contributed by atoms with Crippen molar-refractivity contribution in [3.63, 3.8) is 0 Å². The third kappa shape index (κ3) is 3.57. The highest BCUT2D eigenvalue weighted by atomic mass is 16.5. The van der Waals surface area contributed by atoms with Gasteiger partial charge in [0, 0.05) is 6.20 Å². The van der Waals surface area contributed by atoms with Gasteiger partial charge in [-0.15, -0.1) is 0 Å². The van der Waals surface area contributed by atoms with Gasteiger partial charge in [-0.2, -0.15) is 0 Å². The van der Waals surface area contributed by atoms with E-state index in [1.54, 1.807) is 0 Å². The summed E-state index contributed by atoms with van der Waals surface area (Å²) in [6, 6.07) is 2.28. The molecule has 0 saturated carbocycles. The molecule has 1 aromatic rings. The van der Waals surface area contributed by atoms with Crippen molar-refractivity contribution in [2.75, 3.05) is 13.2 Å². The third-order valence-electron chi connectivity index (χ3n) is 3.37. The average molecular weight is 260 g/mol. The zero-order chi connectivity index (χ0) is 13.7. The highest BCUT2D eigenvalue weighted by molar-refractivity contribution is 5.30. The minimum absolute atomic E-state index is 0.0980. The lowest BCUT2D eigenvalue weighted by Crippen LogP contribution is -2.27. The zero-order valence-corrected chi connectivity index (χ0v) is 12.2. The largest absolute Gasteiger partial charge is 0.496 e. The van der Waals surface area contributed by atoms with Gasteiger partial charge in [0.15, 0.2) is 0 Å². The number of hydrogen-bond donors (Lipinski definition) is 1. The molecule has 0 bridgehead atoms. The predicted molar refractivity (Wildman–Crippen MR) is 78.0 cm³/mol. The summed E-state index contributed by atoms with van der Waals surface area (Å²) in [7, 11) is 0. The second-order valence-corrected chi connectivity index (χ2v) is 5.20. The first kappa shape index (κ1) is 14.1. The van der Waals surface area contributed by atoms with Crippen LogP contribution in [0, 0.1) is 13.8 Å². The molecule has 0 radical (unpaired) electrons. The Bertz CT molecular complexity index is 454. The topological polar surface area (TPSA) is 34.1 Å². The van der Waals surface area contributed by atoms with Crippen LogP contribution >= 0.6 is 0 Å². The molecule has 3 heteroatoms. The summed E-state index contributed by atoms with van der Waals surface area (Å²) >= 11 is 0. The van der Waals surface area contributed by atoms with E-state index in [4.69, 9.17) is 4.74 Å². The number of allylic oxidation sites excluding steroid dienone is 1. The van der Waals surface area contributed by atoms with Gasteiger partial charge in [-0.25, -0.2) is 0 Å². The lowest BCUT2D eigenvalue weighted by atomic mass is 10.0. The third-order valence-corrected chi connectivity index (χ3v) is 3.37. The van der Waals surface area contributed by atoms with Gasteiger partial charge in [0.1, 0.15) is 11.8 Å². The van der Waals surface area contributed by atoms with Crippen LogP contribution in [0.4, 0.5) is 0 Å². The van der Waals surface area contributed by atoms with E-state index >= 15 is 0 Å². The summed E-state index contributed by atoms with van der Waals surface area (Å²) in [5.74, 6) is 1.04. The molecule has 0 aromatic carbocycles. The maximum atomic E-state index is 5.84. The Morgan fingerprint density at radius 2 is 2.26 bits per heavy atom. The number of aryl methyl sites for hydroxylation is 2. The smallest absolute Gasteiger partial charge is 0.115 e. The summed E-state index contributed by atoms with van der Waals surface area (Å²) in [6.45, 7) is 8.17. The first-order chi connectivity index (χ1) is 9.22. The molecule has 0 aliphatic carbocycles. The van der Waals surface area contributed by atoms with Crippen LogP contribution < -0.4 is 5.32 Å². The van der Waals surface area contributed by atoms with E-state index in [1.165, 1.54) is 11.1 Å². The van der Waals surface area contributed by atoms with Crippen LogP contribution in [0.1, 0.15) is 49.0 Å². The number of hydrogen-bond acceptors (Lipinski definition) is 3. The van der Waals surface area contributed by atoms with Gasteiger partial charge in [-0.1, -0.05) is 13.0 Å². The molecule has 1 aliphatic heterocycles. The molecular weight excluding hydrogens is 236 g/mol. The van der Waals surface area contributed by atoms with Gasteiger partial charge in [0.05, 0.1) is 12.3 Å². The Morgan fingerprint density at radius 1 is 1.42 bits per heavy atom. The summed E-state index contributed by atoms with van der Waals surface area (Å²) in [6.07, 6.45) is 7.47. The van der Waals surface area contributed by atoms with Gasteiger partial charge < -0.3 is 10.1 Å². The monoisotopic (exact) mass is 260 g/mol. The molecule has 0 saturated heterocycles. The maximum Gasteiger partial charge on any atom is 0.115 e. The highest BCUT2D eigenvalue weighted by Crippen LogP contribution is 2.27. The van der Waals surface area contributed by atoms with E-state index in [-0.39, 0.29) is 6.04 Å². The van der Waals surface area contributed by atoms with Gasteiger partial charge in [0.2, 0.25) is 0 Å². The van der Waals surface area contributed by atoms with E-state index in [9.17, 15) is 0 Å². The minimum atomic E-state index is 0.0980. The highest BCUT2D eigenvalue weighted by Gasteiger charge is 2.22.